The van der Waals surface area contributed by atoms with Crippen LogP contribution < -0.4 is 20.2 Å². The normalized spacial score (nSPS) is 12.3. The Hall–Kier alpha value is -10.5. The van der Waals surface area contributed by atoms with Gasteiger partial charge in [0.2, 0.25) is 0 Å². The minimum Gasteiger partial charge on any atom is -0.310 e. The highest BCUT2D eigenvalue weighted by atomic mass is 15.2. The number of fused-ring (bicyclic) bond motifs is 2. The molecule has 0 atom stereocenters. The fourth-order valence-electron chi connectivity index (χ4n) is 12.1. The SMILES string of the molecule is C=C/C=C(\C=C)N(c1ccc(/C=C/c2ccc(-c3c(-c4ccc(/C=C/c5ccc(N(/C(=C/CC)c6ccccc6C)c6ccccc6)cc5)cc4)c(-c4ccccc4)c4ccccc4c3-c3ccccc3)cc2)cc1)c1cccc2c1=CCCCC=2.CC. The second-order valence-corrected chi connectivity index (χ2v) is 21.8. The molecule has 0 aromatic heterocycles. The van der Waals surface area contributed by atoms with Crippen LogP contribution >= 0.6 is 0 Å². The maximum atomic E-state index is 4.21. The van der Waals surface area contributed by atoms with Gasteiger partial charge in [0.25, 0.3) is 0 Å². The van der Waals surface area contributed by atoms with Crippen molar-refractivity contribution in [2.75, 3.05) is 9.80 Å². The Kier molecular flexibility index (Phi) is 19.2. The van der Waals surface area contributed by atoms with Crippen LogP contribution in [-0.4, -0.2) is 0 Å². The smallest absolute Gasteiger partial charge is 0.0536 e. The third kappa shape index (κ3) is 13.0. The van der Waals surface area contributed by atoms with E-state index >= 15 is 0 Å². The van der Waals surface area contributed by atoms with Crippen molar-refractivity contribution in [1.29, 1.82) is 0 Å². The van der Waals surface area contributed by atoms with Gasteiger partial charge in [-0.1, -0.05) is 295 Å². The topological polar surface area (TPSA) is 6.48 Å². The number of nitrogens with zero attached hydrogens (tertiary/aromatic N) is 2. The molecule has 2 nitrogen and oxygen atoms in total. The van der Waals surface area contributed by atoms with Crippen LogP contribution in [-0.2, 0) is 0 Å². The van der Waals surface area contributed by atoms with Crippen LogP contribution in [0.4, 0.5) is 22.7 Å². The van der Waals surface area contributed by atoms with Gasteiger partial charge in [0.1, 0.15) is 0 Å². The number of aryl methyl sites for hydroxylation is 1. The molecule has 1 aliphatic rings. The van der Waals surface area contributed by atoms with Crippen molar-refractivity contribution in [2.45, 2.75) is 53.4 Å². The van der Waals surface area contributed by atoms with Gasteiger partial charge in [-0.3, -0.25) is 0 Å². The summed E-state index contributed by atoms with van der Waals surface area (Å²) >= 11 is 0. The van der Waals surface area contributed by atoms with Crippen LogP contribution in [0.2, 0.25) is 0 Å². The first kappa shape index (κ1) is 59.2. The summed E-state index contributed by atoms with van der Waals surface area (Å²) in [6.45, 7) is 16.6. The Bertz CT molecular complexity index is 4450. The van der Waals surface area contributed by atoms with E-state index < -0.39 is 0 Å². The highest BCUT2D eigenvalue weighted by Gasteiger charge is 2.25. The molecule has 0 fully saturated rings. The number of rotatable bonds is 18. The molecular formula is C86H76N2. The molecule has 430 valence electrons. The Balaban J connectivity index is 0.00000396. The van der Waals surface area contributed by atoms with Crippen molar-refractivity contribution in [3.8, 4) is 44.5 Å². The fourth-order valence-corrected chi connectivity index (χ4v) is 12.1. The van der Waals surface area contributed by atoms with Crippen molar-refractivity contribution >= 4 is 75.7 Å². The molecule has 0 heterocycles. The van der Waals surface area contributed by atoms with Gasteiger partial charge in [0.05, 0.1) is 5.69 Å². The summed E-state index contributed by atoms with van der Waals surface area (Å²) in [7, 11) is 0. The molecule has 11 aromatic rings. The van der Waals surface area contributed by atoms with E-state index in [9.17, 15) is 0 Å². The van der Waals surface area contributed by atoms with Crippen LogP contribution in [0.15, 0.2) is 298 Å². The Morgan fingerprint density at radius 1 is 0.420 bits per heavy atom. The summed E-state index contributed by atoms with van der Waals surface area (Å²) in [5, 5.41) is 4.97. The molecule has 88 heavy (non-hydrogen) atoms. The lowest BCUT2D eigenvalue weighted by atomic mass is 9.79. The molecule has 0 aliphatic heterocycles. The zero-order chi connectivity index (χ0) is 60.6. The third-order valence-electron chi connectivity index (χ3n) is 16.3. The zero-order valence-electron chi connectivity index (χ0n) is 51.2. The van der Waals surface area contributed by atoms with Gasteiger partial charge in [-0.25, -0.2) is 0 Å². The molecule has 0 N–H and O–H groups in total. The summed E-state index contributed by atoms with van der Waals surface area (Å²) in [6.07, 6.45) is 25.9. The predicted molar refractivity (Wildman–Crippen MR) is 385 cm³/mol. The van der Waals surface area contributed by atoms with Crippen LogP contribution in [0.5, 0.6) is 0 Å². The molecule has 0 radical (unpaired) electrons. The first-order valence-corrected chi connectivity index (χ1v) is 31.1. The molecule has 12 rings (SSSR count). The van der Waals surface area contributed by atoms with Gasteiger partial charge < -0.3 is 9.80 Å². The van der Waals surface area contributed by atoms with Gasteiger partial charge in [-0.15, -0.1) is 0 Å². The molecule has 11 aromatic carbocycles. The highest BCUT2D eigenvalue weighted by molar-refractivity contribution is 6.18. The average molecular weight is 1140 g/mol. The van der Waals surface area contributed by atoms with E-state index in [1.54, 1.807) is 0 Å². The maximum absolute atomic E-state index is 4.21. The Labute approximate surface area is 522 Å². The summed E-state index contributed by atoms with van der Waals surface area (Å²) in [5.74, 6) is 0. The van der Waals surface area contributed by atoms with E-state index in [1.165, 1.54) is 71.4 Å². The number of allylic oxidation sites excluding steroid dienone is 4. The molecule has 0 unspecified atom stereocenters. The molecule has 0 bridgehead atoms. The second-order valence-electron chi connectivity index (χ2n) is 21.8. The highest BCUT2D eigenvalue weighted by Crippen LogP contribution is 2.51. The summed E-state index contributed by atoms with van der Waals surface area (Å²) in [6, 6.07) is 92.7. The number of para-hydroxylation sites is 1. The first-order valence-electron chi connectivity index (χ1n) is 31.1. The predicted octanol–water partition coefficient (Wildman–Crippen LogP) is 22.9. The average Bonchev–Trinajstić information content (AvgIpc) is 0.824. The van der Waals surface area contributed by atoms with E-state index in [4.69, 9.17) is 0 Å². The van der Waals surface area contributed by atoms with Gasteiger partial charge in [-0.05, 0) is 176 Å². The van der Waals surface area contributed by atoms with Gasteiger partial charge in [0.15, 0.2) is 0 Å². The van der Waals surface area contributed by atoms with Crippen LogP contribution in [0.3, 0.4) is 0 Å². The minimum absolute atomic E-state index is 0.919. The minimum atomic E-state index is 0.919. The van der Waals surface area contributed by atoms with Crippen molar-refractivity contribution in [3.05, 3.63) is 342 Å². The lowest BCUT2D eigenvalue weighted by molar-refractivity contribution is 0.924. The third-order valence-corrected chi connectivity index (χ3v) is 16.3. The summed E-state index contributed by atoms with van der Waals surface area (Å²) < 4.78 is 0. The quantitative estimate of drug-likeness (QED) is 0.0624. The Morgan fingerprint density at radius 3 is 1.34 bits per heavy atom. The molecule has 0 saturated heterocycles. The zero-order valence-corrected chi connectivity index (χ0v) is 51.2. The monoisotopic (exact) mass is 1140 g/mol. The standard InChI is InChI=1S/C84H70N2.C2H6/c1-5-25-71(7-3)85(80-40-24-33-66-28-12-10-19-37-76(66)80)73-57-49-64(50-58-73)43-41-62-45-53-69(54-46-62)83-81(67-29-13-8-14-30-67)77-38-22-23-39-78(77)82(68-31-15-9-16-32-68)84(83)70-55-47-63(48-56-70)42-44-65-51-59-74(60-52-65)86(72-34-17-11-18-35-72)79(26-6-2)75-36-21-20-27-61(75)4;1-2/h5,7-9,11,13-18,20-60H,1,3,6,10,12,19H2,2,4H3;1-2H3/b43-41+,44-42+,71-25+,79-26+;. The van der Waals surface area contributed by atoms with E-state index in [0.717, 1.165) is 87.5 Å². The number of anilines is 4. The van der Waals surface area contributed by atoms with E-state index in [-0.39, 0.29) is 0 Å². The molecule has 0 spiro atoms. The second kappa shape index (κ2) is 28.6. The van der Waals surface area contributed by atoms with Gasteiger partial charge >= 0.3 is 0 Å². The number of hydrogen-bond acceptors (Lipinski definition) is 2. The summed E-state index contributed by atoms with van der Waals surface area (Å²) in [5.41, 5.74) is 23.0. The molecule has 0 amide bonds. The fraction of sp³-hybridized carbons (Fsp3) is 0.0930. The van der Waals surface area contributed by atoms with Crippen molar-refractivity contribution in [2.24, 2.45) is 0 Å². The van der Waals surface area contributed by atoms with Gasteiger partial charge in [-0.2, -0.15) is 0 Å². The first-order chi connectivity index (χ1) is 43.5. The van der Waals surface area contributed by atoms with Crippen LogP contribution in [0.1, 0.15) is 79.8 Å². The van der Waals surface area contributed by atoms with Gasteiger partial charge in [0, 0.05) is 39.2 Å². The largest absolute Gasteiger partial charge is 0.310 e. The van der Waals surface area contributed by atoms with Crippen molar-refractivity contribution in [1.82, 2.24) is 0 Å². The molecule has 1 aliphatic carbocycles. The van der Waals surface area contributed by atoms with E-state index in [2.05, 4.69) is 334 Å². The lowest BCUT2D eigenvalue weighted by Gasteiger charge is -2.29. The molecular weight excluding hydrogens is 1060 g/mol. The summed E-state index contributed by atoms with van der Waals surface area (Å²) in [4.78, 5) is 4.68. The molecule has 2 heteroatoms. The molecule has 0 saturated carbocycles. The maximum Gasteiger partial charge on any atom is 0.0536 e. The lowest BCUT2D eigenvalue weighted by Crippen LogP contribution is -2.31. The van der Waals surface area contributed by atoms with E-state index in [1.807, 2.05) is 32.1 Å². The van der Waals surface area contributed by atoms with Crippen molar-refractivity contribution < 1.29 is 0 Å². The Morgan fingerprint density at radius 2 is 0.852 bits per heavy atom. The van der Waals surface area contributed by atoms with Crippen LogP contribution in [0.25, 0.3) is 97.4 Å². The van der Waals surface area contributed by atoms with Crippen LogP contribution in [0, 0.1) is 6.92 Å². The number of benzene rings is 11. The van der Waals surface area contributed by atoms with Crippen molar-refractivity contribution in [3.63, 3.8) is 0 Å². The van der Waals surface area contributed by atoms with E-state index in [0.29, 0.717) is 0 Å². The number of hydrogen-bond donors (Lipinski definition) is 0.